The Balaban J connectivity index is 4.05. The SMILES string of the molecule is N#C[P-](Cl)(Cl)(Cl)(Cl)c1c(F)c(F)c(F)c(F)c1F. The summed E-state index contributed by atoms with van der Waals surface area (Å²) in [6.07, 6.45) is 0. The number of nitrogens with zero attached hydrogens (tertiary/aromatic N) is 1. The topological polar surface area (TPSA) is 23.8 Å². The van der Waals surface area contributed by atoms with Crippen molar-refractivity contribution in [2.24, 2.45) is 0 Å². The van der Waals surface area contributed by atoms with E-state index in [1.807, 2.05) is 0 Å². The van der Waals surface area contributed by atoms with Gasteiger partial charge in [0, 0.05) is 0 Å². The van der Waals surface area contributed by atoms with E-state index in [0.29, 0.717) is 0 Å². The summed E-state index contributed by atoms with van der Waals surface area (Å²) in [7, 11) is 0. The molecule has 1 rings (SSSR count). The van der Waals surface area contributed by atoms with Gasteiger partial charge in [0.1, 0.15) is 0 Å². The van der Waals surface area contributed by atoms with Crippen molar-refractivity contribution in [2.75, 3.05) is 0 Å². The molecule has 0 aliphatic heterocycles. The van der Waals surface area contributed by atoms with Crippen LogP contribution in [0.25, 0.3) is 0 Å². The van der Waals surface area contributed by atoms with Gasteiger partial charge in [-0.1, -0.05) is 0 Å². The molecular formula is C7Cl4F5NP-. The van der Waals surface area contributed by atoms with Gasteiger partial charge in [-0.2, -0.15) is 0 Å². The molecule has 1 nitrogen and oxygen atoms in total. The molecule has 1 aromatic rings. The van der Waals surface area contributed by atoms with E-state index in [9.17, 15) is 22.0 Å². The average Bonchev–Trinajstić information content (AvgIpc) is 2.22. The molecule has 1 aromatic carbocycles. The minimum absolute atomic E-state index is 0.828. The van der Waals surface area contributed by atoms with Crippen LogP contribution in [0.15, 0.2) is 0 Å². The Morgan fingerprint density at radius 3 is 1.28 bits per heavy atom. The molecule has 18 heavy (non-hydrogen) atoms. The Morgan fingerprint density at radius 1 is 0.722 bits per heavy atom. The van der Waals surface area contributed by atoms with Crippen molar-refractivity contribution >= 4 is 53.6 Å². The molecule has 0 spiro atoms. The fourth-order valence-corrected chi connectivity index (χ4v) is 3.91. The zero-order valence-corrected chi connectivity index (χ0v) is 11.7. The number of halogens is 9. The first-order valence-electron chi connectivity index (χ1n) is 3.79. The molecule has 102 valence electrons. The van der Waals surface area contributed by atoms with Crippen LogP contribution in [0, 0.1) is 40.2 Å². The van der Waals surface area contributed by atoms with E-state index in [0.717, 1.165) is 5.81 Å². The van der Waals surface area contributed by atoms with Crippen LogP contribution in [0.2, 0.25) is 0 Å². The molecule has 0 aliphatic carbocycles. The summed E-state index contributed by atoms with van der Waals surface area (Å²) in [5, 5.41) is 6.72. The molecule has 11 heteroatoms. The molecule has 0 unspecified atom stereocenters. The molecule has 0 saturated carbocycles. The van der Waals surface area contributed by atoms with Gasteiger partial charge in [-0.25, -0.2) is 0 Å². The van der Waals surface area contributed by atoms with Crippen LogP contribution in [0.5, 0.6) is 0 Å². The molecule has 0 heterocycles. The quantitative estimate of drug-likeness (QED) is 0.291. The van der Waals surface area contributed by atoms with Crippen LogP contribution in [-0.2, 0) is 0 Å². The second-order valence-electron chi connectivity index (χ2n) is 3.19. The van der Waals surface area contributed by atoms with E-state index in [4.69, 9.17) is 50.2 Å². The minimum atomic E-state index is -6.59. The maximum absolute atomic E-state index is 13.4. The van der Waals surface area contributed by atoms with Gasteiger partial charge in [0.15, 0.2) is 0 Å². The summed E-state index contributed by atoms with van der Waals surface area (Å²) in [6.45, 7) is 0. The molecule has 0 N–H and O–H groups in total. The van der Waals surface area contributed by atoms with Gasteiger partial charge >= 0.3 is 116 Å². The molecule has 0 aromatic heterocycles. The van der Waals surface area contributed by atoms with Gasteiger partial charge in [-0.3, -0.25) is 0 Å². The summed E-state index contributed by atoms with van der Waals surface area (Å²) in [5.41, 5.74) is 0. The fourth-order valence-electron chi connectivity index (χ4n) is 1.04. The van der Waals surface area contributed by atoms with Crippen molar-refractivity contribution in [3.05, 3.63) is 29.1 Å². The van der Waals surface area contributed by atoms with E-state index < -0.39 is 37.7 Å². The second-order valence-corrected chi connectivity index (χ2v) is 19.4. The van der Waals surface area contributed by atoms with Crippen LogP contribution in [0.4, 0.5) is 22.0 Å². The van der Waals surface area contributed by atoms with Gasteiger partial charge in [-0.15, -0.1) is 0 Å². The van der Waals surface area contributed by atoms with Crippen molar-refractivity contribution in [1.82, 2.24) is 0 Å². The summed E-state index contributed by atoms with van der Waals surface area (Å²) < 4.78 is 58.8. The zero-order valence-electron chi connectivity index (χ0n) is 7.80. The second kappa shape index (κ2) is 3.74. The number of rotatable bonds is 1. The molecule has 0 atom stereocenters. The van der Waals surface area contributed by atoms with Gasteiger partial charge in [0.2, 0.25) is 0 Å². The van der Waals surface area contributed by atoms with Crippen molar-refractivity contribution < 1.29 is 22.0 Å². The summed E-state index contributed by atoms with van der Waals surface area (Å²) in [5.74, 6) is -11.3. The van der Waals surface area contributed by atoms with Crippen LogP contribution < -0.4 is 5.30 Å². The zero-order chi connectivity index (χ0) is 14.6. The van der Waals surface area contributed by atoms with Crippen LogP contribution in [0.3, 0.4) is 0 Å². The third-order valence-electron chi connectivity index (χ3n) is 1.84. The van der Waals surface area contributed by atoms with E-state index in [2.05, 4.69) is 0 Å². The van der Waals surface area contributed by atoms with Crippen molar-refractivity contribution in [2.45, 2.75) is 0 Å². The molecule has 0 fully saturated rings. The monoisotopic (exact) mass is 364 g/mol. The first-order valence-corrected chi connectivity index (χ1v) is 10.1. The predicted octanol–water partition coefficient (Wildman–Crippen LogP) is 5.19. The summed E-state index contributed by atoms with van der Waals surface area (Å²) in [6, 6.07) is 0. The van der Waals surface area contributed by atoms with Gasteiger partial charge < -0.3 is 0 Å². The molecular weight excluding hydrogens is 366 g/mol. The number of nitriles is 1. The van der Waals surface area contributed by atoms with Crippen LogP contribution in [0.1, 0.15) is 0 Å². The fraction of sp³-hybridized carbons (Fsp3) is 0. The summed E-state index contributed by atoms with van der Waals surface area (Å²) >= 11 is 21.2. The van der Waals surface area contributed by atoms with Crippen LogP contribution in [-0.4, -0.2) is 0 Å². The van der Waals surface area contributed by atoms with E-state index in [1.165, 1.54) is 0 Å². The maximum atomic E-state index is 13.4. The van der Waals surface area contributed by atoms with E-state index >= 15 is 0 Å². The molecule has 0 radical (unpaired) electrons. The Kier molecular flexibility index (Phi) is 3.33. The first-order chi connectivity index (χ1) is 7.75. The Labute approximate surface area is 116 Å². The van der Waals surface area contributed by atoms with Gasteiger partial charge in [0.05, 0.1) is 0 Å². The third-order valence-corrected chi connectivity index (χ3v) is 6.47. The van der Waals surface area contributed by atoms with E-state index in [1.54, 1.807) is 0 Å². The number of benzene rings is 1. The predicted molar refractivity (Wildman–Crippen MR) is 61.8 cm³/mol. The molecule has 0 aliphatic rings. The average molecular weight is 366 g/mol. The number of hydrogen-bond acceptors (Lipinski definition) is 1. The van der Waals surface area contributed by atoms with Gasteiger partial charge in [-0.05, 0) is 0 Å². The number of hydrogen-bond donors (Lipinski definition) is 0. The standard InChI is InChI=1S/C7Cl4F5NP/c8-18(9,10,11,1-17)7-5(15)3(13)2(12)4(14)6(7)16/q-1. The van der Waals surface area contributed by atoms with Gasteiger partial charge in [0.25, 0.3) is 0 Å². The van der Waals surface area contributed by atoms with Crippen molar-refractivity contribution in [3.63, 3.8) is 0 Å². The molecule has 0 saturated heterocycles. The molecule has 0 bridgehead atoms. The summed E-state index contributed by atoms with van der Waals surface area (Å²) in [4.78, 5) is 0. The Morgan fingerprint density at radius 2 is 1.00 bits per heavy atom. The Hall–Kier alpha value is -0.0500. The van der Waals surface area contributed by atoms with Crippen LogP contribution >= 0.6 is 48.3 Å². The third kappa shape index (κ3) is 2.35. The molecule has 0 amide bonds. The van der Waals surface area contributed by atoms with Crippen molar-refractivity contribution in [1.29, 1.82) is 5.26 Å². The Bertz CT molecular complexity index is 575. The van der Waals surface area contributed by atoms with Crippen molar-refractivity contribution in [3.8, 4) is 5.81 Å². The van der Waals surface area contributed by atoms with E-state index in [-0.39, 0.29) is 0 Å². The normalized spacial score (nSPS) is 15.8. The first kappa shape index (κ1) is 16.0.